The number of hydrogen-bond acceptors (Lipinski definition) is 6. The van der Waals surface area contributed by atoms with Gasteiger partial charge < -0.3 is 0 Å². The van der Waals surface area contributed by atoms with Crippen molar-refractivity contribution in [3.05, 3.63) is 22.1 Å². The number of thiophene rings is 1. The lowest BCUT2D eigenvalue weighted by Gasteiger charge is -2.19. The molecule has 0 radical (unpaired) electrons. The van der Waals surface area contributed by atoms with Gasteiger partial charge in [0, 0.05) is 5.75 Å². The summed E-state index contributed by atoms with van der Waals surface area (Å²) in [4.78, 5) is 9.36. The normalized spacial score (nSPS) is 13.4. The minimum atomic E-state index is -0.613. The lowest BCUT2D eigenvalue weighted by Crippen LogP contribution is -2.17. The highest BCUT2D eigenvalue weighted by molar-refractivity contribution is 8.00. The molecule has 17 heavy (non-hydrogen) atoms. The van der Waals surface area contributed by atoms with Crippen LogP contribution >= 0.6 is 23.1 Å². The molecule has 1 aromatic rings. The van der Waals surface area contributed by atoms with Crippen LogP contribution in [-0.2, 0) is 9.88 Å². The van der Waals surface area contributed by atoms with Crippen molar-refractivity contribution < 1.29 is 14.3 Å². The summed E-state index contributed by atoms with van der Waals surface area (Å²) in [5.41, 5.74) is 0. The van der Waals surface area contributed by atoms with Crippen LogP contribution in [0.25, 0.3) is 0 Å². The van der Waals surface area contributed by atoms with E-state index in [1.54, 1.807) is 19.2 Å². The molecule has 0 saturated heterocycles. The molecule has 0 aromatic carbocycles. The molecule has 1 rings (SSSR count). The Morgan fingerprint density at radius 2 is 2.41 bits per heavy atom. The highest BCUT2D eigenvalue weighted by atomic mass is 32.2. The second-order valence-corrected chi connectivity index (χ2v) is 6.34. The zero-order valence-electron chi connectivity index (χ0n) is 9.47. The van der Waals surface area contributed by atoms with E-state index in [0.29, 0.717) is 10.6 Å². The third kappa shape index (κ3) is 4.26. The molecule has 0 spiro atoms. The quantitative estimate of drug-likeness (QED) is 0.639. The fourth-order valence-corrected chi connectivity index (χ4v) is 2.82. The number of rotatable bonds is 6. The lowest BCUT2D eigenvalue weighted by atomic mass is 10.2. The SMILES string of the molecule is CC(C)(C#N)SCC(OON)c1sccc1F. The topological polar surface area (TPSA) is 68.3 Å². The van der Waals surface area contributed by atoms with Crippen molar-refractivity contribution in [3.63, 3.8) is 0 Å². The Bertz CT molecular complexity index is 403. The molecular formula is C10H13FN2O2S2. The molecule has 0 saturated carbocycles. The minimum Gasteiger partial charge on any atom is -0.208 e. The van der Waals surface area contributed by atoms with Gasteiger partial charge in [0.25, 0.3) is 0 Å². The highest BCUT2D eigenvalue weighted by Crippen LogP contribution is 2.33. The fraction of sp³-hybridized carbons (Fsp3) is 0.500. The Morgan fingerprint density at radius 3 is 2.88 bits per heavy atom. The fourth-order valence-electron chi connectivity index (χ4n) is 1.07. The summed E-state index contributed by atoms with van der Waals surface area (Å²) in [7, 11) is 0. The first-order valence-electron chi connectivity index (χ1n) is 4.80. The summed E-state index contributed by atoms with van der Waals surface area (Å²) < 4.78 is 12.8. The van der Waals surface area contributed by atoms with Gasteiger partial charge in [0.05, 0.1) is 15.7 Å². The molecule has 4 nitrogen and oxygen atoms in total. The van der Waals surface area contributed by atoms with E-state index >= 15 is 0 Å². The van der Waals surface area contributed by atoms with E-state index in [-0.39, 0.29) is 5.82 Å². The second kappa shape index (κ2) is 6.33. The van der Waals surface area contributed by atoms with Crippen LogP contribution in [0.4, 0.5) is 4.39 Å². The molecule has 0 amide bonds. The summed E-state index contributed by atoms with van der Waals surface area (Å²) in [5, 5.41) is 10.5. The standard InChI is InChI=1S/C10H13FN2O2S2/c1-10(2,6-12)17-5-8(14-15-13)9-7(11)3-4-16-9/h3-4,8H,5,13H2,1-2H3. The van der Waals surface area contributed by atoms with Gasteiger partial charge in [0.2, 0.25) is 0 Å². The van der Waals surface area contributed by atoms with Crippen molar-refractivity contribution in [3.8, 4) is 6.07 Å². The summed E-state index contributed by atoms with van der Waals surface area (Å²) >= 11 is 2.58. The van der Waals surface area contributed by atoms with Crippen molar-refractivity contribution in [2.45, 2.75) is 24.7 Å². The Labute approximate surface area is 107 Å². The summed E-state index contributed by atoms with van der Waals surface area (Å²) in [6.07, 6.45) is -0.613. The average Bonchev–Trinajstić information content (AvgIpc) is 2.71. The minimum absolute atomic E-state index is 0.354. The number of halogens is 1. The van der Waals surface area contributed by atoms with Gasteiger partial charge in [-0.05, 0) is 25.3 Å². The largest absolute Gasteiger partial charge is 0.208 e. The maximum atomic E-state index is 13.4. The molecule has 0 fully saturated rings. The van der Waals surface area contributed by atoms with Crippen molar-refractivity contribution in [1.29, 1.82) is 5.26 Å². The molecule has 0 aliphatic heterocycles. The Balaban J connectivity index is 2.69. The first-order valence-corrected chi connectivity index (χ1v) is 6.67. The van der Waals surface area contributed by atoms with Crippen molar-refractivity contribution >= 4 is 23.1 Å². The van der Waals surface area contributed by atoms with E-state index in [2.05, 4.69) is 11.1 Å². The molecule has 1 heterocycles. The van der Waals surface area contributed by atoms with E-state index < -0.39 is 10.9 Å². The van der Waals surface area contributed by atoms with E-state index in [4.69, 9.17) is 16.0 Å². The summed E-state index contributed by atoms with van der Waals surface area (Å²) in [5.74, 6) is 4.87. The third-order valence-electron chi connectivity index (χ3n) is 1.97. The van der Waals surface area contributed by atoms with Crippen LogP contribution < -0.4 is 5.90 Å². The smallest absolute Gasteiger partial charge is 0.141 e. The molecule has 0 bridgehead atoms. The first-order chi connectivity index (χ1) is 8.00. The van der Waals surface area contributed by atoms with Crippen molar-refractivity contribution in [2.75, 3.05) is 5.75 Å². The first kappa shape index (κ1) is 14.4. The van der Waals surface area contributed by atoms with Gasteiger partial charge >= 0.3 is 0 Å². The van der Waals surface area contributed by atoms with Crippen molar-refractivity contribution in [1.82, 2.24) is 0 Å². The number of hydrogen-bond donors (Lipinski definition) is 1. The van der Waals surface area contributed by atoms with Gasteiger partial charge in [0.1, 0.15) is 11.9 Å². The van der Waals surface area contributed by atoms with E-state index in [0.717, 1.165) is 0 Å². The molecule has 0 aliphatic rings. The molecule has 7 heteroatoms. The van der Waals surface area contributed by atoms with Gasteiger partial charge in [-0.3, -0.25) is 0 Å². The lowest BCUT2D eigenvalue weighted by molar-refractivity contribution is -0.327. The van der Waals surface area contributed by atoms with Crippen molar-refractivity contribution in [2.24, 2.45) is 5.90 Å². The van der Waals surface area contributed by atoms with Gasteiger partial charge in [-0.15, -0.1) is 28.1 Å². The van der Waals surface area contributed by atoms with Gasteiger partial charge in [-0.2, -0.15) is 11.2 Å². The van der Waals surface area contributed by atoms with E-state index in [1.807, 2.05) is 0 Å². The molecule has 2 N–H and O–H groups in total. The second-order valence-electron chi connectivity index (χ2n) is 3.75. The average molecular weight is 276 g/mol. The molecule has 1 aromatic heterocycles. The van der Waals surface area contributed by atoms with Crippen LogP contribution in [0.5, 0.6) is 0 Å². The van der Waals surface area contributed by atoms with Gasteiger partial charge in [-0.1, -0.05) is 0 Å². The summed E-state index contributed by atoms with van der Waals surface area (Å²) in [6.45, 7) is 3.56. The molecule has 1 atom stereocenters. The van der Waals surface area contributed by atoms with E-state index in [9.17, 15) is 4.39 Å². The number of nitriles is 1. The number of nitrogens with two attached hydrogens (primary N) is 1. The molecule has 0 aliphatic carbocycles. The molecular weight excluding hydrogens is 263 g/mol. The predicted octanol–water partition coefficient (Wildman–Crippen LogP) is 2.79. The van der Waals surface area contributed by atoms with Crippen LogP contribution in [0, 0.1) is 17.1 Å². The Hall–Kier alpha value is -0.650. The van der Waals surface area contributed by atoms with Crippen LogP contribution in [0.3, 0.4) is 0 Å². The van der Waals surface area contributed by atoms with E-state index in [1.165, 1.54) is 29.2 Å². The van der Waals surface area contributed by atoms with Crippen LogP contribution in [0.15, 0.2) is 11.4 Å². The Kier molecular flexibility index (Phi) is 5.36. The Morgan fingerprint density at radius 1 is 1.71 bits per heavy atom. The van der Waals surface area contributed by atoms with Gasteiger partial charge in [0.15, 0.2) is 0 Å². The monoisotopic (exact) mass is 276 g/mol. The van der Waals surface area contributed by atoms with Crippen LogP contribution in [0.2, 0.25) is 0 Å². The van der Waals surface area contributed by atoms with Crippen LogP contribution in [0.1, 0.15) is 24.8 Å². The molecule has 1 unspecified atom stereocenters. The zero-order valence-corrected chi connectivity index (χ0v) is 11.1. The maximum Gasteiger partial charge on any atom is 0.141 e. The zero-order chi connectivity index (χ0) is 12.9. The summed E-state index contributed by atoms with van der Waals surface area (Å²) in [6, 6.07) is 3.50. The molecule has 94 valence electrons. The third-order valence-corrected chi connectivity index (χ3v) is 4.24. The number of nitrogens with zero attached hydrogens (tertiary/aromatic N) is 1. The highest BCUT2D eigenvalue weighted by Gasteiger charge is 2.24. The maximum absolute atomic E-state index is 13.4. The van der Waals surface area contributed by atoms with Gasteiger partial charge in [-0.25, -0.2) is 9.28 Å². The van der Waals surface area contributed by atoms with Crippen LogP contribution in [-0.4, -0.2) is 10.5 Å². The predicted molar refractivity (Wildman–Crippen MR) is 65.5 cm³/mol. The number of thioether (sulfide) groups is 1.